The first-order chi connectivity index (χ1) is 13.7. The molecule has 4 atom stereocenters. The third kappa shape index (κ3) is 3.06. The van der Waals surface area contributed by atoms with Gasteiger partial charge in [-0.1, -0.05) is 44.9 Å². The molecule has 0 aromatic rings. The van der Waals surface area contributed by atoms with Crippen LogP contribution in [0.15, 0.2) is 34.6 Å². The van der Waals surface area contributed by atoms with Crippen LogP contribution < -0.4 is 0 Å². The molecule has 0 radical (unpaired) electrons. The average Bonchev–Trinajstić information content (AvgIpc) is 3.03. The first kappa shape index (κ1) is 20.3. The molecule has 4 heteroatoms. The highest BCUT2D eigenvalue weighted by Gasteiger charge is 2.55. The van der Waals surface area contributed by atoms with Crippen LogP contribution in [0.2, 0.25) is 0 Å². The van der Waals surface area contributed by atoms with Gasteiger partial charge in [-0.3, -0.25) is 14.4 Å². The molecule has 0 unspecified atom stereocenters. The van der Waals surface area contributed by atoms with Gasteiger partial charge >= 0.3 is 5.97 Å². The number of rotatable bonds is 3. The van der Waals surface area contributed by atoms with Crippen LogP contribution in [0, 0.1) is 28.6 Å². The van der Waals surface area contributed by atoms with Crippen molar-refractivity contribution in [3.8, 4) is 0 Å². The van der Waals surface area contributed by atoms with Crippen LogP contribution in [0.4, 0.5) is 0 Å². The Hall–Kier alpha value is -1.97. The summed E-state index contributed by atoms with van der Waals surface area (Å²) in [6.07, 6.45) is 11.3. The SMILES string of the molecule is CC(C)C(=O)O/C(C=O)=C1/CC[C@H]2[C@@H]3CCC4=CC(=O)CC[C@]4(C)C3=CC[C@]12C. The van der Waals surface area contributed by atoms with E-state index in [-0.39, 0.29) is 34.3 Å². The third-order valence-electron chi connectivity index (χ3n) is 8.21. The Balaban J connectivity index is 1.71. The summed E-state index contributed by atoms with van der Waals surface area (Å²) in [6, 6.07) is 0. The number of carbonyl (C=O) groups excluding carboxylic acids is 3. The first-order valence-corrected chi connectivity index (χ1v) is 11.1. The van der Waals surface area contributed by atoms with Gasteiger partial charge in [0.25, 0.3) is 0 Å². The van der Waals surface area contributed by atoms with Crippen LogP contribution in [0.5, 0.6) is 0 Å². The zero-order valence-electron chi connectivity index (χ0n) is 18.0. The van der Waals surface area contributed by atoms with Gasteiger partial charge in [0.1, 0.15) is 0 Å². The number of aldehydes is 1. The monoisotopic (exact) mass is 396 g/mol. The van der Waals surface area contributed by atoms with Crippen molar-refractivity contribution in [1.82, 2.24) is 0 Å². The first-order valence-electron chi connectivity index (χ1n) is 11.1. The Morgan fingerprint density at radius 3 is 2.66 bits per heavy atom. The molecule has 0 aromatic carbocycles. The molecule has 29 heavy (non-hydrogen) atoms. The molecule has 0 bridgehead atoms. The summed E-state index contributed by atoms with van der Waals surface area (Å²) in [4.78, 5) is 35.9. The Morgan fingerprint density at radius 2 is 1.97 bits per heavy atom. The van der Waals surface area contributed by atoms with Crippen molar-refractivity contribution in [3.05, 3.63) is 34.6 Å². The normalized spacial score (nSPS) is 37.8. The van der Waals surface area contributed by atoms with Crippen molar-refractivity contribution < 1.29 is 19.1 Å². The van der Waals surface area contributed by atoms with Gasteiger partial charge < -0.3 is 4.74 Å². The fourth-order valence-corrected chi connectivity index (χ4v) is 6.46. The maximum absolute atomic E-state index is 12.1. The van der Waals surface area contributed by atoms with Gasteiger partial charge in [-0.05, 0) is 67.4 Å². The minimum absolute atomic E-state index is 0.0161. The van der Waals surface area contributed by atoms with Gasteiger partial charge in [0.15, 0.2) is 17.8 Å². The van der Waals surface area contributed by atoms with Crippen molar-refractivity contribution in [2.75, 3.05) is 0 Å². The molecular formula is C25H32O4. The Morgan fingerprint density at radius 1 is 1.21 bits per heavy atom. The number of fused-ring (bicyclic) bond motifs is 5. The van der Waals surface area contributed by atoms with Crippen molar-refractivity contribution in [2.45, 2.75) is 72.6 Å². The van der Waals surface area contributed by atoms with Gasteiger partial charge in [0.05, 0.1) is 5.92 Å². The van der Waals surface area contributed by atoms with Gasteiger partial charge in [-0.15, -0.1) is 0 Å². The van der Waals surface area contributed by atoms with E-state index in [9.17, 15) is 14.4 Å². The summed E-state index contributed by atoms with van der Waals surface area (Å²) in [7, 11) is 0. The molecule has 4 nitrogen and oxygen atoms in total. The van der Waals surface area contributed by atoms with Crippen molar-refractivity contribution in [2.24, 2.45) is 28.6 Å². The lowest BCUT2D eigenvalue weighted by molar-refractivity contribution is -0.144. The lowest BCUT2D eigenvalue weighted by Gasteiger charge is -2.52. The maximum Gasteiger partial charge on any atom is 0.313 e. The van der Waals surface area contributed by atoms with Crippen LogP contribution in [0.1, 0.15) is 72.6 Å². The predicted molar refractivity (Wildman–Crippen MR) is 111 cm³/mol. The largest absolute Gasteiger partial charge is 0.423 e. The van der Waals surface area contributed by atoms with E-state index in [1.807, 2.05) is 6.08 Å². The number of esters is 1. The summed E-state index contributed by atoms with van der Waals surface area (Å²) in [5.41, 5.74) is 3.73. The van der Waals surface area contributed by atoms with E-state index in [0.717, 1.165) is 50.4 Å². The highest BCUT2D eigenvalue weighted by Crippen LogP contribution is 2.64. The van der Waals surface area contributed by atoms with E-state index >= 15 is 0 Å². The zero-order chi connectivity index (χ0) is 21.0. The molecule has 0 aliphatic heterocycles. The van der Waals surface area contributed by atoms with Crippen LogP contribution in [-0.4, -0.2) is 18.0 Å². The molecule has 0 spiro atoms. The summed E-state index contributed by atoms with van der Waals surface area (Å²) >= 11 is 0. The Labute approximate surface area is 173 Å². The number of hydrogen-bond donors (Lipinski definition) is 0. The number of carbonyl (C=O) groups is 3. The second kappa shape index (κ2) is 7.07. The van der Waals surface area contributed by atoms with Crippen LogP contribution in [-0.2, 0) is 19.1 Å². The molecule has 0 amide bonds. The molecule has 0 aromatic heterocycles. The number of hydrogen-bond acceptors (Lipinski definition) is 4. The summed E-state index contributed by atoms with van der Waals surface area (Å²) in [5.74, 6) is 0.857. The zero-order valence-corrected chi connectivity index (χ0v) is 18.0. The van der Waals surface area contributed by atoms with Crippen molar-refractivity contribution in [3.63, 3.8) is 0 Å². The molecule has 0 saturated heterocycles. The average molecular weight is 397 g/mol. The number of ketones is 1. The molecule has 4 rings (SSSR count). The van der Waals surface area contributed by atoms with E-state index in [1.54, 1.807) is 13.8 Å². The fraction of sp³-hybridized carbons (Fsp3) is 0.640. The van der Waals surface area contributed by atoms with Gasteiger partial charge in [0, 0.05) is 11.8 Å². The van der Waals surface area contributed by atoms with Gasteiger partial charge in [0.2, 0.25) is 0 Å². The molecule has 156 valence electrons. The standard InChI is InChI=1S/C25H32O4/c1-15(2)23(28)29-22(14-26)21-8-7-19-18-6-5-16-13-17(27)9-11-24(16,3)20(18)10-12-25(19,21)4/h10,13-15,18-19H,5-9,11-12H2,1-4H3/b22-21-/t18-,19-,24-,25-/m0/s1. The van der Waals surface area contributed by atoms with Crippen LogP contribution in [0.3, 0.4) is 0 Å². The fourth-order valence-electron chi connectivity index (χ4n) is 6.46. The van der Waals surface area contributed by atoms with E-state index in [1.165, 1.54) is 11.1 Å². The molecule has 4 aliphatic rings. The maximum atomic E-state index is 12.1. The molecule has 2 fully saturated rings. The molecule has 4 aliphatic carbocycles. The molecule has 2 saturated carbocycles. The topological polar surface area (TPSA) is 60.4 Å². The molecule has 0 N–H and O–H groups in total. The van der Waals surface area contributed by atoms with E-state index in [2.05, 4.69) is 19.9 Å². The highest BCUT2D eigenvalue weighted by atomic mass is 16.5. The van der Waals surface area contributed by atoms with E-state index in [0.29, 0.717) is 18.3 Å². The predicted octanol–water partition coefficient (Wildman–Crippen LogP) is 5.09. The van der Waals surface area contributed by atoms with Crippen molar-refractivity contribution in [1.29, 1.82) is 0 Å². The lowest BCUT2D eigenvalue weighted by Crippen LogP contribution is -2.43. The number of ether oxygens (including phenoxy) is 1. The second-order valence-electron chi connectivity index (χ2n) is 10.1. The smallest absolute Gasteiger partial charge is 0.313 e. The summed E-state index contributed by atoms with van der Waals surface area (Å²) in [5, 5.41) is 0. The van der Waals surface area contributed by atoms with Gasteiger partial charge in [-0.25, -0.2) is 0 Å². The Bertz CT molecular complexity index is 858. The highest BCUT2D eigenvalue weighted by molar-refractivity contribution is 5.92. The van der Waals surface area contributed by atoms with E-state index < -0.39 is 0 Å². The molecular weight excluding hydrogens is 364 g/mol. The summed E-state index contributed by atoms with van der Waals surface area (Å²) < 4.78 is 5.52. The minimum Gasteiger partial charge on any atom is -0.423 e. The summed E-state index contributed by atoms with van der Waals surface area (Å²) in [6.45, 7) is 8.14. The third-order valence-corrected chi connectivity index (χ3v) is 8.21. The lowest BCUT2D eigenvalue weighted by atomic mass is 9.51. The second-order valence-corrected chi connectivity index (χ2v) is 10.1. The van der Waals surface area contributed by atoms with Crippen LogP contribution >= 0.6 is 0 Å². The minimum atomic E-state index is -0.342. The Kier molecular flexibility index (Phi) is 4.95. The van der Waals surface area contributed by atoms with E-state index in [4.69, 9.17) is 4.74 Å². The number of allylic oxidation sites excluding steroid dienone is 6. The van der Waals surface area contributed by atoms with Crippen LogP contribution in [0.25, 0.3) is 0 Å². The van der Waals surface area contributed by atoms with Crippen molar-refractivity contribution >= 4 is 18.0 Å². The quantitative estimate of drug-likeness (QED) is 0.219. The molecule has 0 heterocycles. The van der Waals surface area contributed by atoms with Gasteiger partial charge in [-0.2, -0.15) is 0 Å².